The number of aromatic amines is 2. The summed E-state index contributed by atoms with van der Waals surface area (Å²) in [5.41, 5.74) is 4.73. The van der Waals surface area contributed by atoms with Crippen molar-refractivity contribution in [3.63, 3.8) is 0 Å². The fourth-order valence-corrected chi connectivity index (χ4v) is 3.16. The minimum atomic E-state index is -0.0653. The van der Waals surface area contributed by atoms with E-state index in [2.05, 4.69) is 20.3 Å². The lowest BCUT2D eigenvalue weighted by Crippen LogP contribution is -2.03. The Bertz CT molecular complexity index is 1330. The molecule has 0 aliphatic carbocycles. The van der Waals surface area contributed by atoms with Crippen LogP contribution in [0.4, 0.5) is 0 Å². The third-order valence-corrected chi connectivity index (χ3v) is 4.45. The van der Waals surface area contributed by atoms with Gasteiger partial charge in [0.05, 0.1) is 17.1 Å². The molecule has 4 aromatic heterocycles. The van der Waals surface area contributed by atoms with E-state index in [1.54, 1.807) is 17.1 Å². The van der Waals surface area contributed by atoms with Gasteiger partial charge in [-0.2, -0.15) is 10.2 Å². The van der Waals surface area contributed by atoms with Crippen LogP contribution < -0.4 is 5.43 Å². The zero-order valence-electron chi connectivity index (χ0n) is 13.9. The maximum Gasteiger partial charge on any atom is 0.191 e. The van der Waals surface area contributed by atoms with Gasteiger partial charge in [0, 0.05) is 36.5 Å². The molecule has 0 fully saturated rings. The van der Waals surface area contributed by atoms with E-state index in [0.29, 0.717) is 11.0 Å². The van der Waals surface area contributed by atoms with E-state index in [1.165, 1.54) is 6.07 Å². The number of H-pyrrole nitrogens is 2. The molecule has 0 unspecified atom stereocenters. The topological polar surface area (TPSA) is 92.2 Å². The van der Waals surface area contributed by atoms with Crippen LogP contribution in [-0.2, 0) is 7.05 Å². The molecule has 7 heteroatoms. The summed E-state index contributed by atoms with van der Waals surface area (Å²) in [6.07, 6.45) is 5.26. The molecule has 0 saturated heterocycles. The van der Waals surface area contributed by atoms with Gasteiger partial charge in [-0.1, -0.05) is 6.07 Å². The molecule has 7 nitrogen and oxygen atoms in total. The number of hydrogen-bond acceptors (Lipinski definition) is 4. The van der Waals surface area contributed by atoms with E-state index in [-0.39, 0.29) is 5.43 Å². The van der Waals surface area contributed by atoms with Crippen molar-refractivity contribution in [1.82, 2.24) is 29.9 Å². The van der Waals surface area contributed by atoms with Crippen LogP contribution in [0.3, 0.4) is 0 Å². The van der Waals surface area contributed by atoms with Gasteiger partial charge in [0.25, 0.3) is 0 Å². The first-order chi connectivity index (χ1) is 12.7. The molecule has 0 radical (unpaired) electrons. The van der Waals surface area contributed by atoms with Crippen molar-refractivity contribution in [2.75, 3.05) is 0 Å². The molecule has 1 aromatic carbocycles. The monoisotopic (exact) mass is 342 g/mol. The van der Waals surface area contributed by atoms with Crippen LogP contribution in [0, 0.1) is 0 Å². The summed E-state index contributed by atoms with van der Waals surface area (Å²) in [6.45, 7) is 0. The second kappa shape index (κ2) is 5.38. The van der Waals surface area contributed by atoms with Gasteiger partial charge in [-0.05, 0) is 29.8 Å². The predicted octanol–water partition coefficient (Wildman–Crippen LogP) is 2.87. The number of hydrogen-bond donors (Lipinski definition) is 2. The number of aryl methyl sites for hydroxylation is 1. The second-order valence-corrected chi connectivity index (χ2v) is 6.17. The molecule has 0 amide bonds. The van der Waals surface area contributed by atoms with Crippen molar-refractivity contribution < 1.29 is 0 Å². The highest BCUT2D eigenvalue weighted by Crippen LogP contribution is 2.32. The van der Waals surface area contributed by atoms with Crippen LogP contribution in [0.2, 0.25) is 0 Å². The predicted molar refractivity (Wildman–Crippen MR) is 99.7 cm³/mol. The Labute approximate surface area is 147 Å². The van der Waals surface area contributed by atoms with Crippen LogP contribution in [0.5, 0.6) is 0 Å². The summed E-state index contributed by atoms with van der Waals surface area (Å²) in [7, 11) is 1.86. The largest absolute Gasteiger partial charge is 0.346 e. The van der Waals surface area contributed by atoms with E-state index < -0.39 is 0 Å². The Morgan fingerprint density at radius 2 is 2.04 bits per heavy atom. The summed E-state index contributed by atoms with van der Waals surface area (Å²) in [5, 5.41) is 13.1. The Hall–Kier alpha value is -3.74. The van der Waals surface area contributed by atoms with Crippen molar-refractivity contribution in [3.05, 3.63) is 65.2 Å². The van der Waals surface area contributed by atoms with Gasteiger partial charge in [-0.15, -0.1) is 0 Å². The third-order valence-electron chi connectivity index (χ3n) is 4.45. The molecule has 26 heavy (non-hydrogen) atoms. The molecule has 2 N–H and O–H groups in total. The summed E-state index contributed by atoms with van der Waals surface area (Å²) in [5.74, 6) is 0. The first kappa shape index (κ1) is 14.6. The first-order valence-corrected chi connectivity index (χ1v) is 8.15. The zero-order valence-corrected chi connectivity index (χ0v) is 13.9. The summed E-state index contributed by atoms with van der Waals surface area (Å²) in [6, 6.07) is 11.3. The third kappa shape index (κ3) is 2.21. The molecule has 0 aliphatic rings. The molecular formula is C19H14N6O. The van der Waals surface area contributed by atoms with Crippen molar-refractivity contribution >= 4 is 21.9 Å². The summed E-state index contributed by atoms with van der Waals surface area (Å²) >= 11 is 0. The Morgan fingerprint density at radius 3 is 2.88 bits per heavy atom. The molecule has 0 atom stereocenters. The number of fused-ring (bicyclic) bond motifs is 2. The molecule has 0 bridgehead atoms. The molecule has 5 aromatic rings. The summed E-state index contributed by atoms with van der Waals surface area (Å²) < 4.78 is 1.73. The average molecular weight is 342 g/mol. The maximum atomic E-state index is 12.3. The first-order valence-electron chi connectivity index (χ1n) is 8.15. The highest BCUT2D eigenvalue weighted by Gasteiger charge is 2.15. The van der Waals surface area contributed by atoms with E-state index in [4.69, 9.17) is 4.98 Å². The maximum absolute atomic E-state index is 12.3. The Morgan fingerprint density at radius 1 is 1.12 bits per heavy atom. The van der Waals surface area contributed by atoms with Gasteiger partial charge < -0.3 is 4.98 Å². The van der Waals surface area contributed by atoms with Crippen molar-refractivity contribution in [3.8, 4) is 22.5 Å². The summed E-state index contributed by atoms with van der Waals surface area (Å²) in [4.78, 5) is 20.1. The van der Waals surface area contributed by atoms with Gasteiger partial charge in [0.15, 0.2) is 5.43 Å². The fraction of sp³-hybridized carbons (Fsp3) is 0.0526. The second-order valence-electron chi connectivity index (χ2n) is 6.17. The molecule has 4 heterocycles. The normalized spacial score (nSPS) is 11.4. The number of rotatable bonds is 2. The van der Waals surface area contributed by atoms with E-state index in [1.807, 2.05) is 43.6 Å². The SMILES string of the molecule is Cn1ccc(-c2nc3[nH]ccc(=O)c3cc2-c2ccc3[nH]ncc3c2)n1. The fourth-order valence-electron chi connectivity index (χ4n) is 3.16. The molecular weight excluding hydrogens is 328 g/mol. The van der Waals surface area contributed by atoms with Crippen LogP contribution in [-0.4, -0.2) is 29.9 Å². The minimum Gasteiger partial charge on any atom is -0.346 e. The Kier molecular flexibility index (Phi) is 3.02. The minimum absolute atomic E-state index is 0.0653. The van der Waals surface area contributed by atoms with Gasteiger partial charge in [-0.3, -0.25) is 14.6 Å². The van der Waals surface area contributed by atoms with Crippen molar-refractivity contribution in [2.24, 2.45) is 7.05 Å². The Balaban J connectivity index is 1.86. The number of nitrogens with zero attached hydrogens (tertiary/aromatic N) is 4. The van der Waals surface area contributed by atoms with E-state index in [9.17, 15) is 4.79 Å². The van der Waals surface area contributed by atoms with Crippen LogP contribution in [0.15, 0.2) is 59.8 Å². The quantitative estimate of drug-likeness (QED) is 0.516. The number of pyridine rings is 2. The van der Waals surface area contributed by atoms with Gasteiger partial charge in [-0.25, -0.2) is 4.98 Å². The molecule has 0 aliphatic heterocycles. The van der Waals surface area contributed by atoms with Gasteiger partial charge in [0.1, 0.15) is 17.0 Å². The van der Waals surface area contributed by atoms with Crippen LogP contribution in [0.25, 0.3) is 44.5 Å². The molecule has 0 saturated carbocycles. The number of aromatic nitrogens is 6. The lowest BCUT2D eigenvalue weighted by atomic mass is 9.99. The lowest BCUT2D eigenvalue weighted by Gasteiger charge is -2.09. The lowest BCUT2D eigenvalue weighted by molar-refractivity contribution is 0.770. The van der Waals surface area contributed by atoms with Crippen LogP contribution in [0.1, 0.15) is 0 Å². The smallest absolute Gasteiger partial charge is 0.191 e. The highest BCUT2D eigenvalue weighted by molar-refractivity contribution is 5.92. The number of nitrogens with one attached hydrogen (secondary N) is 2. The highest BCUT2D eigenvalue weighted by atomic mass is 16.1. The average Bonchev–Trinajstić information content (AvgIpc) is 3.29. The van der Waals surface area contributed by atoms with Gasteiger partial charge in [0.2, 0.25) is 0 Å². The standard InChI is InChI=1S/C19H14N6O/c1-25-7-5-16(24-25)18-13(9-14-17(26)4-6-20-19(14)22-18)11-2-3-15-12(8-11)10-21-23-15/h2-10H,1H3,(H,21,23)(H,20,22,26). The molecule has 5 rings (SSSR count). The van der Waals surface area contributed by atoms with Crippen molar-refractivity contribution in [2.45, 2.75) is 0 Å². The van der Waals surface area contributed by atoms with E-state index >= 15 is 0 Å². The zero-order chi connectivity index (χ0) is 17.7. The van der Waals surface area contributed by atoms with Gasteiger partial charge >= 0.3 is 0 Å². The van der Waals surface area contributed by atoms with Crippen molar-refractivity contribution in [1.29, 1.82) is 0 Å². The molecule has 0 spiro atoms. The van der Waals surface area contributed by atoms with E-state index in [0.717, 1.165) is 33.4 Å². The van der Waals surface area contributed by atoms with Crippen LogP contribution >= 0.6 is 0 Å². The molecule has 126 valence electrons. The number of benzene rings is 1.